The number of nitro groups is 1. The topological polar surface area (TPSA) is 95.3 Å². The maximum absolute atomic E-state index is 13.1. The zero-order chi connectivity index (χ0) is 21.3. The van der Waals surface area contributed by atoms with Crippen molar-refractivity contribution in [1.29, 1.82) is 0 Å². The van der Waals surface area contributed by atoms with E-state index in [4.69, 9.17) is 0 Å². The Bertz CT molecular complexity index is 1300. The van der Waals surface area contributed by atoms with Gasteiger partial charge in [0.05, 0.1) is 15.8 Å². The van der Waals surface area contributed by atoms with E-state index in [0.717, 1.165) is 11.9 Å². The normalized spacial score (nSPS) is 11.6. The molecule has 2 aromatic heterocycles. The number of thioether (sulfide) groups is 1. The van der Waals surface area contributed by atoms with E-state index < -0.39 is 0 Å². The molecule has 0 unspecified atom stereocenters. The third kappa shape index (κ3) is 3.68. The first-order valence-electron chi connectivity index (χ1n) is 9.69. The van der Waals surface area contributed by atoms with Crippen molar-refractivity contribution in [2.45, 2.75) is 37.7 Å². The first-order valence-corrected chi connectivity index (χ1v) is 10.7. The molecule has 0 spiro atoms. The van der Waals surface area contributed by atoms with Crippen molar-refractivity contribution in [2.75, 3.05) is 0 Å². The van der Waals surface area contributed by atoms with E-state index >= 15 is 0 Å². The maximum Gasteiger partial charge on any atom is 0.273 e. The van der Waals surface area contributed by atoms with Gasteiger partial charge in [0.15, 0.2) is 5.16 Å². The lowest BCUT2D eigenvalue weighted by Crippen LogP contribution is -2.24. The van der Waals surface area contributed by atoms with Crippen molar-refractivity contribution in [3.63, 3.8) is 0 Å². The number of aromatic nitrogens is 4. The second-order valence-corrected chi connectivity index (χ2v) is 8.39. The average Bonchev–Trinajstić information content (AvgIpc) is 3.16. The van der Waals surface area contributed by atoms with Crippen LogP contribution in [0.25, 0.3) is 16.7 Å². The smallest absolute Gasteiger partial charge is 0.273 e. The Hall–Kier alpha value is -3.20. The molecule has 154 valence electrons. The zero-order valence-electron chi connectivity index (χ0n) is 16.7. The van der Waals surface area contributed by atoms with E-state index in [9.17, 15) is 14.9 Å². The number of hydrogen-bond acceptors (Lipinski definition) is 6. The molecule has 0 aliphatic carbocycles. The quantitative estimate of drug-likeness (QED) is 0.250. The molecule has 0 bridgehead atoms. The van der Waals surface area contributed by atoms with Crippen molar-refractivity contribution < 1.29 is 4.92 Å². The standard InChI is InChI=1S/C21H21N5O3S/c1-14(2)11-12-24-19(27)16-8-4-6-10-18(16)25-20(24)22-23-21(25)30-13-15-7-3-5-9-17(15)26(28)29/h3-10,14H,11-13H2,1-2H3. The van der Waals surface area contributed by atoms with Crippen molar-refractivity contribution in [3.8, 4) is 0 Å². The summed E-state index contributed by atoms with van der Waals surface area (Å²) in [6.45, 7) is 4.78. The number of benzene rings is 2. The van der Waals surface area contributed by atoms with Crippen LogP contribution in [0, 0.1) is 16.0 Å². The van der Waals surface area contributed by atoms with Crippen LogP contribution >= 0.6 is 11.8 Å². The summed E-state index contributed by atoms with van der Waals surface area (Å²) in [5.41, 5.74) is 1.34. The highest BCUT2D eigenvalue weighted by molar-refractivity contribution is 7.98. The van der Waals surface area contributed by atoms with E-state index in [1.54, 1.807) is 28.8 Å². The Morgan fingerprint density at radius 3 is 2.60 bits per heavy atom. The van der Waals surface area contributed by atoms with Gasteiger partial charge in [-0.1, -0.05) is 55.9 Å². The molecule has 0 aliphatic rings. The van der Waals surface area contributed by atoms with E-state index in [-0.39, 0.29) is 16.2 Å². The Labute approximate surface area is 176 Å². The highest BCUT2D eigenvalue weighted by Gasteiger charge is 2.18. The number of hydrogen-bond donors (Lipinski definition) is 0. The number of para-hydroxylation sites is 2. The highest BCUT2D eigenvalue weighted by Crippen LogP contribution is 2.28. The molecule has 0 fully saturated rings. The Morgan fingerprint density at radius 1 is 1.10 bits per heavy atom. The Morgan fingerprint density at radius 2 is 1.83 bits per heavy atom. The molecule has 0 radical (unpaired) electrons. The van der Waals surface area contributed by atoms with E-state index in [1.807, 2.05) is 22.6 Å². The van der Waals surface area contributed by atoms with Crippen LogP contribution in [0.3, 0.4) is 0 Å². The van der Waals surface area contributed by atoms with Crippen LogP contribution in [0.2, 0.25) is 0 Å². The van der Waals surface area contributed by atoms with Crippen LogP contribution in [-0.4, -0.2) is 24.1 Å². The molecular formula is C21H21N5O3S. The predicted molar refractivity (Wildman–Crippen MR) is 117 cm³/mol. The molecule has 8 nitrogen and oxygen atoms in total. The number of fused-ring (bicyclic) bond motifs is 3. The molecule has 0 atom stereocenters. The van der Waals surface area contributed by atoms with Gasteiger partial charge in [-0.2, -0.15) is 0 Å². The Kier molecular flexibility index (Phi) is 5.54. The Balaban J connectivity index is 1.81. The molecule has 0 N–H and O–H groups in total. The van der Waals surface area contributed by atoms with Crippen LogP contribution in [0.1, 0.15) is 25.8 Å². The summed E-state index contributed by atoms with van der Waals surface area (Å²) < 4.78 is 3.54. The summed E-state index contributed by atoms with van der Waals surface area (Å²) in [4.78, 5) is 24.0. The molecule has 2 heterocycles. The van der Waals surface area contributed by atoms with Gasteiger partial charge in [-0.3, -0.25) is 23.9 Å². The molecule has 30 heavy (non-hydrogen) atoms. The second-order valence-electron chi connectivity index (χ2n) is 7.45. The molecule has 0 aliphatic heterocycles. The lowest BCUT2D eigenvalue weighted by molar-refractivity contribution is -0.385. The first kappa shape index (κ1) is 20.1. The third-order valence-electron chi connectivity index (χ3n) is 4.95. The van der Waals surface area contributed by atoms with Crippen LogP contribution in [-0.2, 0) is 12.3 Å². The molecule has 2 aromatic carbocycles. The lowest BCUT2D eigenvalue weighted by atomic mass is 10.1. The van der Waals surface area contributed by atoms with Gasteiger partial charge < -0.3 is 0 Å². The molecule has 9 heteroatoms. The van der Waals surface area contributed by atoms with Gasteiger partial charge in [-0.15, -0.1) is 10.2 Å². The SMILES string of the molecule is CC(C)CCn1c(=O)c2ccccc2n2c(SCc3ccccc3[N+](=O)[O-])nnc12. The van der Waals surface area contributed by atoms with Gasteiger partial charge in [-0.25, -0.2) is 0 Å². The predicted octanol–water partition coefficient (Wildman–Crippen LogP) is 4.29. The van der Waals surface area contributed by atoms with E-state index in [1.165, 1.54) is 17.8 Å². The minimum atomic E-state index is -0.378. The summed E-state index contributed by atoms with van der Waals surface area (Å²) in [7, 11) is 0. The second kappa shape index (κ2) is 8.27. The van der Waals surface area contributed by atoms with Crippen molar-refractivity contribution in [3.05, 3.63) is 74.6 Å². The van der Waals surface area contributed by atoms with Gasteiger partial charge in [0.2, 0.25) is 5.78 Å². The van der Waals surface area contributed by atoms with Gasteiger partial charge in [-0.05, 0) is 24.5 Å². The molecule has 0 saturated heterocycles. The monoisotopic (exact) mass is 423 g/mol. The summed E-state index contributed by atoms with van der Waals surface area (Å²) in [6, 6.07) is 14.1. The van der Waals surface area contributed by atoms with Crippen LogP contribution in [0.5, 0.6) is 0 Å². The van der Waals surface area contributed by atoms with Crippen LogP contribution in [0.4, 0.5) is 5.69 Å². The summed E-state index contributed by atoms with van der Waals surface area (Å²) in [5.74, 6) is 1.31. The minimum Gasteiger partial charge on any atom is -0.276 e. The molecular weight excluding hydrogens is 402 g/mol. The van der Waals surface area contributed by atoms with Crippen molar-refractivity contribution >= 4 is 34.1 Å². The third-order valence-corrected chi connectivity index (χ3v) is 5.93. The first-order chi connectivity index (χ1) is 14.5. The summed E-state index contributed by atoms with van der Waals surface area (Å²) in [6.07, 6.45) is 0.847. The van der Waals surface area contributed by atoms with E-state index in [0.29, 0.717) is 40.1 Å². The number of aryl methyl sites for hydroxylation is 1. The fourth-order valence-electron chi connectivity index (χ4n) is 3.37. The molecule has 4 rings (SSSR count). The van der Waals surface area contributed by atoms with Gasteiger partial charge in [0, 0.05) is 23.9 Å². The van der Waals surface area contributed by atoms with Crippen molar-refractivity contribution in [1.82, 2.24) is 19.2 Å². The number of rotatable bonds is 7. The van der Waals surface area contributed by atoms with Gasteiger partial charge in [0.1, 0.15) is 0 Å². The lowest BCUT2D eigenvalue weighted by Gasteiger charge is -2.12. The largest absolute Gasteiger partial charge is 0.276 e. The van der Waals surface area contributed by atoms with Gasteiger partial charge >= 0.3 is 0 Å². The number of nitro benzene ring substituents is 1. The number of nitrogens with zero attached hydrogens (tertiary/aromatic N) is 5. The summed E-state index contributed by atoms with van der Waals surface area (Å²) >= 11 is 1.36. The highest BCUT2D eigenvalue weighted by atomic mass is 32.2. The van der Waals surface area contributed by atoms with Gasteiger partial charge in [0.25, 0.3) is 11.2 Å². The fraction of sp³-hybridized carbons (Fsp3) is 0.286. The van der Waals surface area contributed by atoms with Crippen LogP contribution < -0.4 is 5.56 Å². The minimum absolute atomic E-state index is 0.0810. The molecule has 4 aromatic rings. The van der Waals surface area contributed by atoms with Crippen LogP contribution in [0.15, 0.2) is 58.5 Å². The summed E-state index contributed by atoms with van der Waals surface area (Å²) in [5, 5.41) is 21.1. The average molecular weight is 423 g/mol. The molecule has 0 saturated carbocycles. The maximum atomic E-state index is 13.1. The zero-order valence-corrected chi connectivity index (χ0v) is 17.5. The fourth-order valence-corrected chi connectivity index (χ4v) is 4.31. The van der Waals surface area contributed by atoms with Crippen molar-refractivity contribution in [2.24, 2.45) is 5.92 Å². The molecule has 0 amide bonds. The van der Waals surface area contributed by atoms with E-state index in [2.05, 4.69) is 24.0 Å².